The van der Waals surface area contributed by atoms with E-state index in [-0.39, 0.29) is 17.7 Å². The zero-order valence-electron chi connectivity index (χ0n) is 10.6. The van der Waals surface area contributed by atoms with Crippen LogP contribution in [0.1, 0.15) is 26.2 Å². The molecule has 2 atom stereocenters. The first kappa shape index (κ1) is 14.0. The molecule has 1 heterocycles. The maximum absolute atomic E-state index is 11.7. The SMILES string of the molecule is CC(CCCNC(=O)C1CCN(C)C1)C(=O)O. The summed E-state index contributed by atoms with van der Waals surface area (Å²) in [6.07, 6.45) is 2.26. The number of carboxylic acid groups (broad SMARTS) is 1. The third kappa shape index (κ3) is 4.73. The number of aliphatic carboxylic acids is 1. The molecule has 1 aliphatic rings. The molecule has 0 saturated carbocycles. The highest BCUT2D eigenvalue weighted by atomic mass is 16.4. The zero-order chi connectivity index (χ0) is 12.8. The Morgan fingerprint density at radius 2 is 2.24 bits per heavy atom. The van der Waals surface area contributed by atoms with Crippen LogP contribution in [-0.4, -0.2) is 48.6 Å². The molecule has 1 aliphatic heterocycles. The number of nitrogens with one attached hydrogen (secondary N) is 1. The lowest BCUT2D eigenvalue weighted by Crippen LogP contribution is -2.33. The van der Waals surface area contributed by atoms with Crippen molar-refractivity contribution in [3.8, 4) is 0 Å². The van der Waals surface area contributed by atoms with Crippen molar-refractivity contribution in [3.63, 3.8) is 0 Å². The average molecular weight is 242 g/mol. The van der Waals surface area contributed by atoms with Crippen molar-refractivity contribution in [3.05, 3.63) is 0 Å². The maximum Gasteiger partial charge on any atom is 0.306 e. The van der Waals surface area contributed by atoms with Crippen LogP contribution in [0.15, 0.2) is 0 Å². The number of carbonyl (C=O) groups excluding carboxylic acids is 1. The van der Waals surface area contributed by atoms with E-state index in [0.29, 0.717) is 13.0 Å². The van der Waals surface area contributed by atoms with E-state index in [4.69, 9.17) is 5.11 Å². The molecule has 2 N–H and O–H groups in total. The Morgan fingerprint density at radius 1 is 1.53 bits per heavy atom. The Labute approximate surface area is 102 Å². The highest BCUT2D eigenvalue weighted by Crippen LogP contribution is 2.14. The Balaban J connectivity index is 2.10. The summed E-state index contributed by atoms with van der Waals surface area (Å²) in [7, 11) is 2.02. The third-order valence-electron chi connectivity index (χ3n) is 3.30. The molecule has 1 fully saturated rings. The van der Waals surface area contributed by atoms with E-state index in [9.17, 15) is 9.59 Å². The van der Waals surface area contributed by atoms with Crippen LogP contribution in [0.25, 0.3) is 0 Å². The molecular formula is C12H22N2O3. The van der Waals surface area contributed by atoms with Gasteiger partial charge in [-0.3, -0.25) is 9.59 Å². The molecular weight excluding hydrogens is 220 g/mol. The number of carbonyl (C=O) groups is 2. The first-order valence-corrected chi connectivity index (χ1v) is 6.19. The van der Waals surface area contributed by atoms with Gasteiger partial charge in [0.05, 0.1) is 11.8 Å². The van der Waals surface area contributed by atoms with Gasteiger partial charge in [-0.25, -0.2) is 0 Å². The fraction of sp³-hybridized carbons (Fsp3) is 0.833. The highest BCUT2D eigenvalue weighted by Gasteiger charge is 2.25. The molecule has 5 nitrogen and oxygen atoms in total. The quantitative estimate of drug-likeness (QED) is 0.668. The predicted octanol–water partition coefficient (Wildman–Crippen LogP) is 0.555. The monoisotopic (exact) mass is 242 g/mol. The molecule has 0 aromatic heterocycles. The van der Waals surface area contributed by atoms with Gasteiger partial charge in [0.25, 0.3) is 0 Å². The molecule has 0 radical (unpaired) electrons. The van der Waals surface area contributed by atoms with Crippen molar-refractivity contribution in [2.45, 2.75) is 26.2 Å². The lowest BCUT2D eigenvalue weighted by Gasteiger charge is -2.11. The van der Waals surface area contributed by atoms with Gasteiger partial charge in [-0.05, 0) is 32.9 Å². The van der Waals surface area contributed by atoms with Crippen LogP contribution in [0.3, 0.4) is 0 Å². The first-order chi connectivity index (χ1) is 8.00. The average Bonchev–Trinajstić information content (AvgIpc) is 2.70. The number of hydrogen-bond acceptors (Lipinski definition) is 3. The van der Waals surface area contributed by atoms with Crippen LogP contribution in [-0.2, 0) is 9.59 Å². The molecule has 0 bridgehead atoms. The molecule has 0 aliphatic carbocycles. The van der Waals surface area contributed by atoms with Crippen LogP contribution in [0, 0.1) is 11.8 Å². The number of amides is 1. The second kappa shape index (κ2) is 6.59. The van der Waals surface area contributed by atoms with Gasteiger partial charge in [0.15, 0.2) is 0 Å². The van der Waals surface area contributed by atoms with Gasteiger partial charge in [-0.2, -0.15) is 0 Å². The topological polar surface area (TPSA) is 69.6 Å². The smallest absolute Gasteiger partial charge is 0.306 e. The van der Waals surface area contributed by atoms with Crippen molar-refractivity contribution in [1.29, 1.82) is 0 Å². The van der Waals surface area contributed by atoms with Crippen LogP contribution in [0.5, 0.6) is 0 Å². The van der Waals surface area contributed by atoms with Crippen molar-refractivity contribution in [2.24, 2.45) is 11.8 Å². The summed E-state index contributed by atoms with van der Waals surface area (Å²) in [4.78, 5) is 24.4. The van der Waals surface area contributed by atoms with Gasteiger partial charge >= 0.3 is 5.97 Å². The lowest BCUT2D eigenvalue weighted by atomic mass is 10.1. The van der Waals surface area contributed by atoms with Crippen LogP contribution >= 0.6 is 0 Å². The Morgan fingerprint density at radius 3 is 2.76 bits per heavy atom. The Hall–Kier alpha value is -1.10. The minimum atomic E-state index is -0.770. The summed E-state index contributed by atoms with van der Waals surface area (Å²) in [6.45, 7) is 4.08. The predicted molar refractivity (Wildman–Crippen MR) is 64.6 cm³/mol. The molecule has 98 valence electrons. The molecule has 2 unspecified atom stereocenters. The Kier molecular flexibility index (Phi) is 5.41. The van der Waals surface area contributed by atoms with E-state index in [1.54, 1.807) is 6.92 Å². The minimum absolute atomic E-state index is 0.108. The molecule has 1 amide bonds. The normalized spacial score (nSPS) is 22.4. The van der Waals surface area contributed by atoms with Gasteiger partial charge in [-0.15, -0.1) is 0 Å². The van der Waals surface area contributed by atoms with Gasteiger partial charge in [-0.1, -0.05) is 6.92 Å². The van der Waals surface area contributed by atoms with Gasteiger partial charge < -0.3 is 15.3 Å². The van der Waals surface area contributed by atoms with E-state index in [1.165, 1.54) is 0 Å². The summed E-state index contributed by atoms with van der Waals surface area (Å²) in [5.74, 6) is -0.882. The van der Waals surface area contributed by atoms with Gasteiger partial charge in [0.2, 0.25) is 5.91 Å². The van der Waals surface area contributed by atoms with Crippen LogP contribution in [0.4, 0.5) is 0 Å². The largest absolute Gasteiger partial charge is 0.481 e. The number of likely N-dealkylation sites (tertiary alicyclic amines) is 1. The van der Waals surface area contributed by atoms with E-state index in [2.05, 4.69) is 10.2 Å². The Bertz CT molecular complexity index is 281. The molecule has 5 heteroatoms. The van der Waals surface area contributed by atoms with Crippen LogP contribution < -0.4 is 5.32 Å². The fourth-order valence-electron chi connectivity index (χ4n) is 2.04. The molecule has 1 rings (SSSR count). The lowest BCUT2D eigenvalue weighted by molar-refractivity contribution is -0.141. The summed E-state index contributed by atoms with van der Waals surface area (Å²) >= 11 is 0. The second-order valence-corrected chi connectivity index (χ2v) is 4.92. The summed E-state index contributed by atoms with van der Waals surface area (Å²) in [6, 6.07) is 0. The van der Waals surface area contributed by atoms with E-state index in [0.717, 1.165) is 25.9 Å². The second-order valence-electron chi connectivity index (χ2n) is 4.92. The summed E-state index contributed by atoms with van der Waals surface area (Å²) < 4.78 is 0. The number of nitrogens with zero attached hydrogens (tertiary/aromatic N) is 1. The minimum Gasteiger partial charge on any atom is -0.481 e. The molecule has 0 spiro atoms. The fourth-order valence-corrected chi connectivity index (χ4v) is 2.04. The van der Waals surface area contributed by atoms with Crippen molar-refractivity contribution in [1.82, 2.24) is 10.2 Å². The number of hydrogen-bond donors (Lipinski definition) is 2. The van der Waals surface area contributed by atoms with Crippen LogP contribution in [0.2, 0.25) is 0 Å². The summed E-state index contributed by atoms with van der Waals surface area (Å²) in [5, 5.41) is 11.6. The maximum atomic E-state index is 11.7. The number of carboxylic acids is 1. The van der Waals surface area contributed by atoms with E-state index in [1.807, 2.05) is 7.05 Å². The third-order valence-corrected chi connectivity index (χ3v) is 3.30. The molecule has 0 aromatic rings. The molecule has 0 aromatic carbocycles. The van der Waals surface area contributed by atoms with E-state index < -0.39 is 5.97 Å². The molecule has 17 heavy (non-hydrogen) atoms. The first-order valence-electron chi connectivity index (χ1n) is 6.19. The molecule has 1 saturated heterocycles. The van der Waals surface area contributed by atoms with Gasteiger partial charge in [0.1, 0.15) is 0 Å². The summed E-state index contributed by atoms with van der Waals surface area (Å²) in [5.41, 5.74) is 0. The zero-order valence-corrected chi connectivity index (χ0v) is 10.6. The highest BCUT2D eigenvalue weighted by molar-refractivity contribution is 5.79. The number of rotatable bonds is 6. The standard InChI is InChI=1S/C12H22N2O3/c1-9(12(16)17)4-3-6-13-11(15)10-5-7-14(2)8-10/h9-10H,3-8H2,1-2H3,(H,13,15)(H,16,17). The van der Waals surface area contributed by atoms with Crippen molar-refractivity contribution in [2.75, 3.05) is 26.7 Å². The van der Waals surface area contributed by atoms with Crippen molar-refractivity contribution >= 4 is 11.9 Å². The van der Waals surface area contributed by atoms with E-state index >= 15 is 0 Å². The van der Waals surface area contributed by atoms with Gasteiger partial charge in [0, 0.05) is 13.1 Å². The van der Waals surface area contributed by atoms with Crippen molar-refractivity contribution < 1.29 is 14.7 Å².